The number of hydrogen-bond acceptors (Lipinski definition) is 3. The summed E-state index contributed by atoms with van der Waals surface area (Å²) in [5.41, 5.74) is 1.02. The normalized spacial score (nSPS) is 15.6. The number of rotatable bonds is 1. The lowest BCUT2D eigenvalue weighted by Crippen LogP contribution is -2.21. The number of aliphatic imine (C=N–C) groups is 1. The highest BCUT2D eigenvalue weighted by Crippen LogP contribution is 2.12. The average molecular weight is 302 g/mol. The Balaban J connectivity index is 2.03. The summed E-state index contributed by atoms with van der Waals surface area (Å²) in [5.74, 6) is 0. The quantitative estimate of drug-likeness (QED) is 0.809. The topological polar surface area (TPSA) is 33.6 Å². The van der Waals surface area contributed by atoms with Crippen molar-refractivity contribution < 1.29 is 4.74 Å². The highest BCUT2D eigenvalue weighted by molar-refractivity contribution is 14.1. The van der Waals surface area contributed by atoms with E-state index in [-0.39, 0.29) is 0 Å². The second-order valence-electron chi connectivity index (χ2n) is 3.02. The van der Waals surface area contributed by atoms with E-state index in [1.54, 1.807) is 0 Å². The third-order valence-electron chi connectivity index (χ3n) is 1.89. The molecule has 0 spiro atoms. The second-order valence-corrected chi connectivity index (χ2v) is 4.27. The monoisotopic (exact) mass is 302 g/mol. The van der Waals surface area contributed by atoms with Gasteiger partial charge in [-0.25, -0.2) is 4.99 Å². The van der Waals surface area contributed by atoms with E-state index >= 15 is 0 Å². The van der Waals surface area contributed by atoms with Crippen LogP contribution in [-0.2, 0) is 4.74 Å². The molecule has 0 radical (unpaired) electrons. The lowest BCUT2D eigenvalue weighted by molar-refractivity contribution is 0.282. The molecular formula is C10H11IN2O. The SMILES string of the molecule is Ic1ccc(NC2=NCCCO2)cc1. The first-order chi connectivity index (χ1) is 6.84. The number of hydrogen-bond donors (Lipinski definition) is 1. The fraction of sp³-hybridized carbons (Fsp3) is 0.300. The molecule has 3 nitrogen and oxygen atoms in total. The molecule has 2 rings (SSSR count). The van der Waals surface area contributed by atoms with E-state index in [4.69, 9.17) is 4.74 Å². The summed E-state index contributed by atoms with van der Waals surface area (Å²) in [6.07, 6.45) is 1.01. The molecule has 1 aromatic carbocycles. The molecule has 0 fully saturated rings. The van der Waals surface area contributed by atoms with Crippen molar-refractivity contribution >= 4 is 34.3 Å². The molecule has 0 saturated heterocycles. The molecule has 1 heterocycles. The van der Waals surface area contributed by atoms with Crippen molar-refractivity contribution in [3.63, 3.8) is 0 Å². The van der Waals surface area contributed by atoms with Crippen LogP contribution in [0.1, 0.15) is 6.42 Å². The van der Waals surface area contributed by atoms with E-state index in [0.29, 0.717) is 6.02 Å². The summed E-state index contributed by atoms with van der Waals surface area (Å²) in [5, 5.41) is 3.13. The average Bonchev–Trinajstić information content (AvgIpc) is 2.23. The van der Waals surface area contributed by atoms with Gasteiger partial charge in [-0.3, -0.25) is 0 Å². The maximum absolute atomic E-state index is 5.35. The molecule has 1 aliphatic heterocycles. The number of benzene rings is 1. The van der Waals surface area contributed by atoms with Crippen molar-refractivity contribution in [2.75, 3.05) is 18.5 Å². The minimum absolute atomic E-state index is 0.637. The van der Waals surface area contributed by atoms with Crippen molar-refractivity contribution in [2.45, 2.75) is 6.42 Å². The molecule has 1 aromatic rings. The Bertz CT molecular complexity index is 334. The smallest absolute Gasteiger partial charge is 0.289 e. The van der Waals surface area contributed by atoms with Crippen LogP contribution in [0.15, 0.2) is 29.3 Å². The number of nitrogens with one attached hydrogen (secondary N) is 1. The van der Waals surface area contributed by atoms with Crippen molar-refractivity contribution in [2.24, 2.45) is 4.99 Å². The first-order valence-electron chi connectivity index (χ1n) is 4.54. The van der Waals surface area contributed by atoms with Gasteiger partial charge in [0.15, 0.2) is 0 Å². The molecule has 0 saturated carbocycles. The van der Waals surface area contributed by atoms with E-state index in [2.05, 4.69) is 32.9 Å². The van der Waals surface area contributed by atoms with Gasteiger partial charge in [0.2, 0.25) is 0 Å². The van der Waals surface area contributed by atoms with Crippen molar-refractivity contribution in [1.29, 1.82) is 0 Å². The standard InChI is InChI=1S/C10H11IN2O/c11-8-2-4-9(5-3-8)13-10-12-6-1-7-14-10/h2-5H,1,6-7H2,(H,12,13). The van der Waals surface area contributed by atoms with Crippen LogP contribution < -0.4 is 5.32 Å². The minimum Gasteiger partial charge on any atom is -0.465 e. The zero-order valence-corrected chi connectivity index (χ0v) is 9.82. The number of ether oxygens (including phenoxy) is 1. The third-order valence-corrected chi connectivity index (χ3v) is 2.61. The van der Waals surface area contributed by atoms with Gasteiger partial charge < -0.3 is 10.1 Å². The molecule has 0 aliphatic carbocycles. The summed E-state index contributed by atoms with van der Waals surface area (Å²) in [7, 11) is 0. The van der Waals surface area contributed by atoms with Crippen LogP contribution in [0.5, 0.6) is 0 Å². The summed E-state index contributed by atoms with van der Waals surface area (Å²) in [4.78, 5) is 4.23. The molecule has 14 heavy (non-hydrogen) atoms. The van der Waals surface area contributed by atoms with Crippen LogP contribution in [0.25, 0.3) is 0 Å². The van der Waals surface area contributed by atoms with E-state index in [0.717, 1.165) is 25.3 Å². The first kappa shape index (κ1) is 9.76. The van der Waals surface area contributed by atoms with E-state index in [9.17, 15) is 0 Å². The van der Waals surface area contributed by atoms with Crippen molar-refractivity contribution in [3.8, 4) is 0 Å². The van der Waals surface area contributed by atoms with Gasteiger partial charge in [-0.1, -0.05) is 0 Å². The Morgan fingerprint density at radius 3 is 2.71 bits per heavy atom. The molecule has 1 N–H and O–H groups in total. The number of anilines is 1. The maximum atomic E-state index is 5.35. The summed E-state index contributed by atoms with van der Waals surface area (Å²) in [6.45, 7) is 1.61. The highest BCUT2D eigenvalue weighted by Gasteiger charge is 2.05. The highest BCUT2D eigenvalue weighted by atomic mass is 127. The van der Waals surface area contributed by atoms with Crippen molar-refractivity contribution in [3.05, 3.63) is 27.8 Å². The Hall–Kier alpha value is -0.780. The number of nitrogens with zero attached hydrogens (tertiary/aromatic N) is 1. The minimum atomic E-state index is 0.637. The van der Waals surface area contributed by atoms with Gasteiger partial charge in [-0.15, -0.1) is 0 Å². The zero-order valence-electron chi connectivity index (χ0n) is 7.66. The summed E-state index contributed by atoms with van der Waals surface area (Å²) >= 11 is 2.28. The second kappa shape index (κ2) is 4.63. The van der Waals surface area contributed by atoms with Gasteiger partial charge in [0, 0.05) is 22.2 Å². The van der Waals surface area contributed by atoms with Gasteiger partial charge in [-0.2, -0.15) is 0 Å². The molecule has 0 unspecified atom stereocenters. The maximum Gasteiger partial charge on any atom is 0.289 e. The Labute approximate surface area is 96.7 Å². The molecule has 0 atom stereocenters. The van der Waals surface area contributed by atoms with Crippen LogP contribution >= 0.6 is 22.6 Å². The van der Waals surface area contributed by atoms with Gasteiger partial charge in [0.1, 0.15) is 0 Å². The fourth-order valence-corrected chi connectivity index (χ4v) is 1.55. The molecule has 0 amide bonds. The predicted molar refractivity (Wildman–Crippen MR) is 65.7 cm³/mol. The van der Waals surface area contributed by atoms with E-state index in [1.807, 2.05) is 24.3 Å². The fourth-order valence-electron chi connectivity index (χ4n) is 1.19. The Kier molecular flexibility index (Phi) is 3.23. The molecule has 0 bridgehead atoms. The van der Waals surface area contributed by atoms with E-state index < -0.39 is 0 Å². The van der Waals surface area contributed by atoms with E-state index in [1.165, 1.54) is 3.57 Å². The van der Waals surface area contributed by atoms with Crippen LogP contribution in [0.2, 0.25) is 0 Å². The molecule has 74 valence electrons. The van der Waals surface area contributed by atoms with Gasteiger partial charge in [-0.05, 0) is 46.9 Å². The zero-order chi connectivity index (χ0) is 9.80. The lowest BCUT2D eigenvalue weighted by Gasteiger charge is -2.14. The molecule has 0 aromatic heterocycles. The molecule has 4 heteroatoms. The van der Waals surface area contributed by atoms with Crippen molar-refractivity contribution in [1.82, 2.24) is 0 Å². The third kappa shape index (κ3) is 2.60. The number of amidine groups is 1. The van der Waals surface area contributed by atoms with Crippen LogP contribution in [0.3, 0.4) is 0 Å². The Morgan fingerprint density at radius 2 is 2.07 bits per heavy atom. The van der Waals surface area contributed by atoms with Gasteiger partial charge in [0.05, 0.1) is 6.61 Å². The summed E-state index contributed by atoms with van der Waals surface area (Å²) < 4.78 is 6.57. The number of halogens is 1. The summed E-state index contributed by atoms with van der Waals surface area (Å²) in [6, 6.07) is 8.76. The van der Waals surface area contributed by atoms with Gasteiger partial charge >= 0.3 is 0 Å². The van der Waals surface area contributed by atoms with Crippen LogP contribution in [0, 0.1) is 3.57 Å². The predicted octanol–water partition coefficient (Wildman–Crippen LogP) is 2.48. The lowest BCUT2D eigenvalue weighted by atomic mass is 10.3. The first-order valence-corrected chi connectivity index (χ1v) is 5.62. The van der Waals surface area contributed by atoms with Crippen LogP contribution in [0.4, 0.5) is 5.69 Å². The molecule has 1 aliphatic rings. The molecular weight excluding hydrogens is 291 g/mol. The largest absolute Gasteiger partial charge is 0.465 e. The Morgan fingerprint density at radius 1 is 1.29 bits per heavy atom. The van der Waals surface area contributed by atoms with Gasteiger partial charge in [0.25, 0.3) is 6.02 Å². The van der Waals surface area contributed by atoms with Crippen LogP contribution in [-0.4, -0.2) is 19.2 Å².